The molecule has 0 aromatic heterocycles. The highest BCUT2D eigenvalue weighted by Crippen LogP contribution is 2.41. The fourth-order valence-electron chi connectivity index (χ4n) is 3.82. The Morgan fingerprint density at radius 3 is 2.71 bits per heavy atom. The van der Waals surface area contributed by atoms with Crippen LogP contribution in [0.5, 0.6) is 0 Å². The van der Waals surface area contributed by atoms with E-state index in [1.807, 2.05) is 12.1 Å². The molecule has 5 heteroatoms. The third-order valence-corrected chi connectivity index (χ3v) is 5.63. The van der Waals surface area contributed by atoms with Gasteiger partial charge in [0.2, 0.25) is 5.91 Å². The average Bonchev–Trinajstić information content (AvgIpc) is 2.53. The SMILES string of the molecule is COCC1(C(=O)N[C@@H]2CCCN(Cc3ccc(Cl)cc3)C2)CCC1. The molecule has 0 radical (unpaired) electrons. The normalized spacial score (nSPS) is 23.5. The minimum absolute atomic E-state index is 0.189. The number of likely N-dealkylation sites (tertiary alicyclic amines) is 1. The highest BCUT2D eigenvalue weighted by molar-refractivity contribution is 6.30. The molecule has 3 rings (SSSR count). The zero-order valence-corrected chi connectivity index (χ0v) is 15.1. The molecule has 24 heavy (non-hydrogen) atoms. The first kappa shape index (κ1) is 17.7. The average molecular weight is 351 g/mol. The highest BCUT2D eigenvalue weighted by Gasteiger charge is 2.44. The van der Waals surface area contributed by atoms with Crippen molar-refractivity contribution in [1.82, 2.24) is 10.2 Å². The number of benzene rings is 1. The molecule has 4 nitrogen and oxygen atoms in total. The largest absolute Gasteiger partial charge is 0.384 e. The monoisotopic (exact) mass is 350 g/mol. The molecule has 1 N–H and O–H groups in total. The van der Waals surface area contributed by atoms with Crippen LogP contribution >= 0.6 is 11.6 Å². The molecule has 1 saturated carbocycles. The van der Waals surface area contributed by atoms with Crippen LogP contribution in [0.15, 0.2) is 24.3 Å². The Labute approximate surface area is 149 Å². The summed E-state index contributed by atoms with van der Waals surface area (Å²) in [5.41, 5.74) is 0.994. The molecular formula is C19H27ClN2O2. The maximum atomic E-state index is 12.7. The molecule has 1 aromatic rings. The lowest BCUT2D eigenvalue weighted by molar-refractivity contribution is -0.141. The topological polar surface area (TPSA) is 41.6 Å². The predicted molar refractivity (Wildman–Crippen MR) is 96.1 cm³/mol. The lowest BCUT2D eigenvalue weighted by atomic mass is 9.68. The lowest BCUT2D eigenvalue weighted by Crippen LogP contribution is -2.55. The Morgan fingerprint density at radius 2 is 2.08 bits per heavy atom. The smallest absolute Gasteiger partial charge is 0.228 e. The third-order valence-electron chi connectivity index (χ3n) is 5.37. The van der Waals surface area contributed by atoms with Crippen molar-refractivity contribution in [3.63, 3.8) is 0 Å². The number of rotatable bonds is 6. The van der Waals surface area contributed by atoms with Gasteiger partial charge in [-0.25, -0.2) is 0 Å². The molecule has 0 spiro atoms. The maximum absolute atomic E-state index is 12.7. The Kier molecular flexibility index (Phi) is 5.80. The fraction of sp³-hybridized carbons (Fsp3) is 0.632. The minimum Gasteiger partial charge on any atom is -0.384 e. The number of methoxy groups -OCH3 is 1. The first-order valence-electron chi connectivity index (χ1n) is 8.88. The van der Waals surface area contributed by atoms with E-state index in [2.05, 4.69) is 22.3 Å². The van der Waals surface area contributed by atoms with Crippen LogP contribution in [0.25, 0.3) is 0 Å². The van der Waals surface area contributed by atoms with Crippen LogP contribution in [0, 0.1) is 5.41 Å². The molecule has 0 unspecified atom stereocenters. The first-order valence-corrected chi connectivity index (χ1v) is 9.26. The van der Waals surface area contributed by atoms with Crippen LogP contribution in [0.2, 0.25) is 5.02 Å². The van der Waals surface area contributed by atoms with Crippen molar-refractivity contribution in [2.24, 2.45) is 5.41 Å². The Bertz CT molecular complexity index is 557. The van der Waals surface area contributed by atoms with Crippen LogP contribution in [-0.2, 0) is 16.1 Å². The molecule has 1 heterocycles. The second-order valence-corrected chi connectivity index (χ2v) is 7.68. The minimum atomic E-state index is -0.271. The van der Waals surface area contributed by atoms with Crippen molar-refractivity contribution in [3.8, 4) is 0 Å². The van der Waals surface area contributed by atoms with Gasteiger partial charge in [0.25, 0.3) is 0 Å². The van der Waals surface area contributed by atoms with E-state index in [4.69, 9.17) is 16.3 Å². The Balaban J connectivity index is 1.53. The Morgan fingerprint density at radius 1 is 1.33 bits per heavy atom. The van der Waals surface area contributed by atoms with Gasteiger partial charge in [-0.15, -0.1) is 0 Å². The van der Waals surface area contributed by atoms with Gasteiger partial charge in [0, 0.05) is 31.3 Å². The van der Waals surface area contributed by atoms with Crippen molar-refractivity contribution in [2.75, 3.05) is 26.8 Å². The summed E-state index contributed by atoms with van der Waals surface area (Å²) in [7, 11) is 1.68. The molecule has 2 aliphatic rings. The summed E-state index contributed by atoms with van der Waals surface area (Å²) >= 11 is 5.95. The fourth-order valence-corrected chi connectivity index (χ4v) is 3.95. The number of hydrogen-bond donors (Lipinski definition) is 1. The summed E-state index contributed by atoms with van der Waals surface area (Å²) in [4.78, 5) is 15.1. The molecule has 132 valence electrons. The van der Waals surface area contributed by atoms with Crippen LogP contribution in [0.3, 0.4) is 0 Å². The van der Waals surface area contributed by atoms with E-state index in [0.29, 0.717) is 6.61 Å². The van der Waals surface area contributed by atoms with Crippen molar-refractivity contribution >= 4 is 17.5 Å². The standard InChI is InChI=1S/C19H27ClN2O2/c1-24-14-19(9-3-10-19)18(23)21-17-4-2-11-22(13-17)12-15-5-7-16(20)8-6-15/h5-8,17H,2-4,9-14H2,1H3,(H,21,23)/t17-/m1/s1. The number of carbonyl (C=O) groups excluding carboxylic acids is 1. The van der Waals surface area contributed by atoms with Crippen LogP contribution < -0.4 is 5.32 Å². The number of ether oxygens (including phenoxy) is 1. The number of carbonyl (C=O) groups is 1. The summed E-state index contributed by atoms with van der Waals surface area (Å²) in [6, 6.07) is 8.27. The van der Waals surface area contributed by atoms with Crippen LogP contribution in [0.4, 0.5) is 0 Å². The van der Waals surface area contributed by atoms with Gasteiger partial charge in [0.05, 0.1) is 12.0 Å². The van der Waals surface area contributed by atoms with E-state index in [-0.39, 0.29) is 17.4 Å². The van der Waals surface area contributed by atoms with Gasteiger partial charge in [0.15, 0.2) is 0 Å². The quantitative estimate of drug-likeness (QED) is 0.856. The molecular weight excluding hydrogens is 324 g/mol. The number of piperidine rings is 1. The third kappa shape index (κ3) is 4.11. The van der Waals surface area contributed by atoms with Crippen molar-refractivity contribution in [2.45, 2.75) is 44.7 Å². The van der Waals surface area contributed by atoms with E-state index >= 15 is 0 Å². The predicted octanol–water partition coefficient (Wildman–Crippen LogP) is 3.24. The summed E-state index contributed by atoms with van der Waals surface area (Å²) < 4.78 is 5.29. The summed E-state index contributed by atoms with van der Waals surface area (Å²) in [6.45, 7) is 3.45. The molecule has 1 aromatic carbocycles. The number of hydrogen-bond acceptors (Lipinski definition) is 3. The van der Waals surface area contributed by atoms with E-state index < -0.39 is 0 Å². The lowest BCUT2D eigenvalue weighted by Gasteiger charge is -2.42. The molecule has 1 amide bonds. The van der Waals surface area contributed by atoms with Crippen molar-refractivity contribution in [1.29, 1.82) is 0 Å². The maximum Gasteiger partial charge on any atom is 0.228 e. The van der Waals surface area contributed by atoms with Crippen LogP contribution in [-0.4, -0.2) is 43.7 Å². The van der Waals surface area contributed by atoms with E-state index in [1.165, 1.54) is 5.56 Å². The zero-order chi connectivity index (χ0) is 17.0. The molecule has 1 aliphatic carbocycles. The molecule has 1 atom stereocenters. The zero-order valence-electron chi connectivity index (χ0n) is 14.4. The molecule has 0 bridgehead atoms. The molecule has 2 fully saturated rings. The van der Waals surface area contributed by atoms with E-state index in [1.54, 1.807) is 7.11 Å². The number of halogens is 1. The summed E-state index contributed by atoms with van der Waals surface area (Å²) in [5, 5.41) is 4.06. The molecule has 1 aliphatic heterocycles. The van der Waals surface area contributed by atoms with Crippen molar-refractivity contribution < 1.29 is 9.53 Å². The van der Waals surface area contributed by atoms with Gasteiger partial charge in [-0.1, -0.05) is 30.2 Å². The van der Waals surface area contributed by atoms with E-state index in [0.717, 1.165) is 56.8 Å². The highest BCUT2D eigenvalue weighted by atomic mass is 35.5. The van der Waals surface area contributed by atoms with Gasteiger partial charge in [-0.2, -0.15) is 0 Å². The van der Waals surface area contributed by atoms with Gasteiger partial charge >= 0.3 is 0 Å². The number of amides is 1. The van der Waals surface area contributed by atoms with E-state index in [9.17, 15) is 4.79 Å². The second kappa shape index (κ2) is 7.85. The number of nitrogens with one attached hydrogen (secondary N) is 1. The van der Waals surface area contributed by atoms with Gasteiger partial charge in [0.1, 0.15) is 0 Å². The van der Waals surface area contributed by atoms with Gasteiger partial charge in [-0.3, -0.25) is 9.69 Å². The second-order valence-electron chi connectivity index (χ2n) is 7.24. The number of nitrogens with zero attached hydrogens (tertiary/aromatic N) is 1. The molecule has 1 saturated heterocycles. The van der Waals surface area contributed by atoms with Crippen LogP contribution in [0.1, 0.15) is 37.7 Å². The van der Waals surface area contributed by atoms with Crippen molar-refractivity contribution in [3.05, 3.63) is 34.9 Å². The summed E-state index contributed by atoms with van der Waals surface area (Å²) in [5.74, 6) is 0.189. The van der Waals surface area contributed by atoms with Gasteiger partial charge in [-0.05, 0) is 49.9 Å². The van der Waals surface area contributed by atoms with Gasteiger partial charge < -0.3 is 10.1 Å². The Hall–Kier alpha value is -1.10. The first-order chi connectivity index (χ1) is 11.6. The summed E-state index contributed by atoms with van der Waals surface area (Å²) in [6.07, 6.45) is 5.22.